The van der Waals surface area contributed by atoms with Crippen LogP contribution in [0.3, 0.4) is 0 Å². The maximum atomic E-state index is 13.1. The van der Waals surface area contributed by atoms with Crippen molar-refractivity contribution in [3.63, 3.8) is 0 Å². The first-order valence-electron chi connectivity index (χ1n) is 8.97. The zero-order valence-electron chi connectivity index (χ0n) is 15.2. The highest BCUT2D eigenvalue weighted by atomic mass is 35.5. The quantitative estimate of drug-likeness (QED) is 0.470. The lowest BCUT2D eigenvalue weighted by Gasteiger charge is -2.30. The minimum absolute atomic E-state index is 0.0229. The van der Waals surface area contributed by atoms with E-state index in [0.29, 0.717) is 22.0 Å². The lowest BCUT2D eigenvalue weighted by molar-refractivity contribution is -0.122. The average Bonchev–Trinajstić information content (AvgIpc) is 3.33. The molecule has 1 aromatic heterocycles. The van der Waals surface area contributed by atoms with Crippen LogP contribution in [-0.4, -0.2) is 30.0 Å². The van der Waals surface area contributed by atoms with Crippen LogP contribution in [0.15, 0.2) is 40.3 Å². The van der Waals surface area contributed by atoms with Crippen molar-refractivity contribution in [2.45, 2.75) is 19.8 Å². The van der Waals surface area contributed by atoms with E-state index in [1.807, 2.05) is 6.07 Å². The van der Waals surface area contributed by atoms with Crippen LogP contribution >= 0.6 is 23.8 Å². The molecule has 1 N–H and O–H groups in total. The van der Waals surface area contributed by atoms with Gasteiger partial charge in [-0.05, 0) is 61.8 Å². The lowest BCUT2D eigenvalue weighted by Crippen LogP contribution is -2.54. The SMILES string of the molecule is Cc1c(Cl)cccc1N1C(=O)/C(=C/c2ccc(N3CCCC3)o2)C(=O)NC1=S. The van der Waals surface area contributed by atoms with E-state index in [0.717, 1.165) is 31.8 Å². The third kappa shape index (κ3) is 3.31. The van der Waals surface area contributed by atoms with Crippen molar-refractivity contribution in [2.24, 2.45) is 0 Å². The molecule has 2 amide bonds. The van der Waals surface area contributed by atoms with E-state index in [2.05, 4.69) is 10.2 Å². The van der Waals surface area contributed by atoms with Gasteiger partial charge in [0, 0.05) is 24.2 Å². The number of nitrogens with zero attached hydrogens (tertiary/aromatic N) is 2. The van der Waals surface area contributed by atoms with Crippen LogP contribution in [0, 0.1) is 6.92 Å². The summed E-state index contributed by atoms with van der Waals surface area (Å²) in [6.07, 6.45) is 3.71. The number of amides is 2. The Morgan fingerprint density at radius 1 is 1.18 bits per heavy atom. The molecule has 28 heavy (non-hydrogen) atoms. The van der Waals surface area contributed by atoms with Crippen molar-refractivity contribution in [3.05, 3.63) is 52.3 Å². The van der Waals surface area contributed by atoms with Crippen molar-refractivity contribution in [2.75, 3.05) is 22.9 Å². The maximum absolute atomic E-state index is 13.1. The molecule has 8 heteroatoms. The Labute approximate surface area is 172 Å². The van der Waals surface area contributed by atoms with Gasteiger partial charge in [0.25, 0.3) is 11.8 Å². The summed E-state index contributed by atoms with van der Waals surface area (Å²) in [5.74, 6) is 0.116. The molecule has 0 atom stereocenters. The van der Waals surface area contributed by atoms with Crippen molar-refractivity contribution in [1.29, 1.82) is 0 Å². The van der Waals surface area contributed by atoms with Crippen LogP contribution in [-0.2, 0) is 9.59 Å². The summed E-state index contributed by atoms with van der Waals surface area (Å²) in [5, 5.41) is 3.11. The summed E-state index contributed by atoms with van der Waals surface area (Å²) < 4.78 is 5.82. The number of hydrogen-bond donors (Lipinski definition) is 1. The van der Waals surface area contributed by atoms with Gasteiger partial charge in [-0.1, -0.05) is 17.7 Å². The number of halogens is 1. The van der Waals surface area contributed by atoms with Gasteiger partial charge in [-0.15, -0.1) is 0 Å². The van der Waals surface area contributed by atoms with Gasteiger partial charge in [0.05, 0.1) is 5.69 Å². The normalized spacial score (nSPS) is 18.9. The van der Waals surface area contributed by atoms with Gasteiger partial charge >= 0.3 is 0 Å². The molecule has 144 valence electrons. The molecule has 0 unspecified atom stereocenters. The van der Waals surface area contributed by atoms with E-state index in [1.165, 1.54) is 11.0 Å². The van der Waals surface area contributed by atoms with Crippen molar-refractivity contribution < 1.29 is 14.0 Å². The number of furan rings is 1. The van der Waals surface area contributed by atoms with Crippen LogP contribution in [0.5, 0.6) is 0 Å². The van der Waals surface area contributed by atoms with Gasteiger partial charge < -0.3 is 9.32 Å². The summed E-state index contributed by atoms with van der Waals surface area (Å²) in [6.45, 7) is 3.68. The number of benzene rings is 1. The van der Waals surface area contributed by atoms with Crippen LogP contribution in [0.4, 0.5) is 11.6 Å². The van der Waals surface area contributed by atoms with Crippen LogP contribution in [0.2, 0.25) is 5.02 Å². The van der Waals surface area contributed by atoms with Gasteiger partial charge in [-0.25, -0.2) is 0 Å². The first kappa shape index (κ1) is 18.7. The third-order valence-electron chi connectivity index (χ3n) is 4.90. The first-order chi connectivity index (χ1) is 13.5. The summed E-state index contributed by atoms with van der Waals surface area (Å²) in [5.41, 5.74) is 1.19. The first-order valence-corrected chi connectivity index (χ1v) is 9.75. The minimum Gasteiger partial charge on any atom is -0.441 e. The number of hydrogen-bond acceptors (Lipinski definition) is 5. The fourth-order valence-corrected chi connectivity index (χ4v) is 3.83. The molecular weight excluding hydrogens is 398 g/mol. The maximum Gasteiger partial charge on any atom is 0.270 e. The van der Waals surface area contributed by atoms with E-state index in [1.54, 1.807) is 31.2 Å². The Balaban J connectivity index is 1.68. The fraction of sp³-hybridized carbons (Fsp3) is 0.250. The van der Waals surface area contributed by atoms with Crippen molar-refractivity contribution in [1.82, 2.24) is 5.32 Å². The Bertz CT molecular complexity index is 1010. The second-order valence-electron chi connectivity index (χ2n) is 6.71. The molecule has 0 spiro atoms. The van der Waals surface area contributed by atoms with E-state index >= 15 is 0 Å². The molecule has 3 heterocycles. The summed E-state index contributed by atoms with van der Waals surface area (Å²) in [4.78, 5) is 28.9. The minimum atomic E-state index is -0.551. The molecule has 6 nitrogen and oxygen atoms in total. The molecule has 2 saturated heterocycles. The second-order valence-corrected chi connectivity index (χ2v) is 7.51. The van der Waals surface area contributed by atoms with Crippen LogP contribution in [0.25, 0.3) is 6.08 Å². The van der Waals surface area contributed by atoms with Gasteiger partial charge in [0.1, 0.15) is 11.3 Å². The predicted octanol–water partition coefficient (Wildman–Crippen LogP) is 3.67. The number of thiocarbonyl (C=S) groups is 1. The molecule has 2 aliphatic rings. The van der Waals surface area contributed by atoms with Gasteiger partial charge in [0.15, 0.2) is 11.0 Å². The number of nitrogens with one attached hydrogen (secondary N) is 1. The third-order valence-corrected chi connectivity index (χ3v) is 5.59. The van der Waals surface area contributed by atoms with E-state index in [4.69, 9.17) is 28.2 Å². The highest BCUT2D eigenvalue weighted by Crippen LogP contribution is 2.30. The average molecular weight is 416 g/mol. The Morgan fingerprint density at radius 2 is 1.93 bits per heavy atom. The highest BCUT2D eigenvalue weighted by molar-refractivity contribution is 7.80. The lowest BCUT2D eigenvalue weighted by atomic mass is 10.1. The second kappa shape index (κ2) is 7.41. The zero-order chi connectivity index (χ0) is 19.8. The molecule has 0 bridgehead atoms. The Hall–Kier alpha value is -2.64. The highest BCUT2D eigenvalue weighted by Gasteiger charge is 2.35. The van der Waals surface area contributed by atoms with Gasteiger partial charge in [0.2, 0.25) is 0 Å². The number of rotatable bonds is 3. The summed E-state index contributed by atoms with van der Waals surface area (Å²) >= 11 is 11.4. The molecule has 4 rings (SSSR count). The van der Waals surface area contributed by atoms with E-state index in [9.17, 15) is 9.59 Å². The van der Waals surface area contributed by atoms with Crippen molar-refractivity contribution >= 4 is 58.4 Å². The molecule has 0 saturated carbocycles. The zero-order valence-corrected chi connectivity index (χ0v) is 16.8. The standard InChI is InChI=1S/C20H18ClN3O3S/c1-12-15(21)5-4-6-16(12)24-19(26)14(18(25)22-20(24)28)11-13-7-8-17(27-13)23-9-2-3-10-23/h4-8,11H,2-3,9-10H2,1H3,(H,22,25,28)/b14-11+. The van der Waals surface area contributed by atoms with Gasteiger partial charge in [-0.2, -0.15) is 0 Å². The molecule has 2 aliphatic heterocycles. The molecular formula is C20H18ClN3O3S. The van der Waals surface area contributed by atoms with Crippen LogP contribution < -0.4 is 15.1 Å². The molecule has 0 aliphatic carbocycles. The Morgan fingerprint density at radius 3 is 2.68 bits per heavy atom. The number of carbonyl (C=O) groups excluding carboxylic acids is 2. The van der Waals surface area contributed by atoms with Crippen molar-refractivity contribution in [3.8, 4) is 0 Å². The molecule has 2 aromatic rings. The topological polar surface area (TPSA) is 65.8 Å². The Kier molecular flexibility index (Phi) is 4.95. The number of anilines is 2. The molecule has 0 radical (unpaired) electrons. The van der Waals surface area contributed by atoms with E-state index < -0.39 is 11.8 Å². The smallest absolute Gasteiger partial charge is 0.270 e. The largest absolute Gasteiger partial charge is 0.441 e. The van der Waals surface area contributed by atoms with Gasteiger partial charge in [-0.3, -0.25) is 19.8 Å². The van der Waals surface area contributed by atoms with E-state index in [-0.39, 0.29) is 10.7 Å². The monoisotopic (exact) mass is 415 g/mol. The summed E-state index contributed by atoms with van der Waals surface area (Å²) in [7, 11) is 0. The fourth-order valence-electron chi connectivity index (χ4n) is 3.38. The predicted molar refractivity (Wildman–Crippen MR) is 113 cm³/mol. The molecule has 2 fully saturated rings. The van der Waals surface area contributed by atoms with Crippen LogP contribution in [0.1, 0.15) is 24.2 Å². The molecule has 1 aromatic carbocycles. The summed E-state index contributed by atoms with van der Waals surface area (Å²) in [6, 6.07) is 8.81. The number of carbonyl (C=O) groups is 2.